The van der Waals surface area contributed by atoms with Crippen LogP contribution >= 0.6 is 11.3 Å². The lowest BCUT2D eigenvalue weighted by Crippen LogP contribution is -2.17. The number of furan rings is 1. The standard InChI is InChI=1S/C13H15NO3S/c1-9-4-7-18-11(9)2-5-14-8-10-3-6-17-12(10)13(15)16/h3-4,6-7,14H,2,5,8H2,1H3,(H,15,16). The van der Waals surface area contributed by atoms with Gasteiger partial charge in [-0.15, -0.1) is 11.3 Å². The maximum atomic E-state index is 10.8. The van der Waals surface area contributed by atoms with E-state index in [-0.39, 0.29) is 5.76 Å². The third-order valence-corrected chi connectivity index (χ3v) is 3.84. The molecule has 96 valence electrons. The van der Waals surface area contributed by atoms with Gasteiger partial charge in [-0.25, -0.2) is 4.79 Å². The van der Waals surface area contributed by atoms with E-state index in [0.717, 1.165) is 13.0 Å². The van der Waals surface area contributed by atoms with Crippen molar-refractivity contribution in [3.8, 4) is 0 Å². The Morgan fingerprint density at radius 2 is 2.33 bits per heavy atom. The van der Waals surface area contributed by atoms with E-state index >= 15 is 0 Å². The fourth-order valence-electron chi connectivity index (χ4n) is 1.75. The zero-order valence-electron chi connectivity index (χ0n) is 10.1. The molecule has 2 aromatic rings. The average Bonchev–Trinajstić information content (AvgIpc) is 2.94. The Kier molecular flexibility index (Phi) is 4.17. The van der Waals surface area contributed by atoms with Crippen molar-refractivity contribution in [2.75, 3.05) is 6.54 Å². The summed E-state index contributed by atoms with van der Waals surface area (Å²) >= 11 is 1.75. The van der Waals surface area contributed by atoms with Crippen LogP contribution in [-0.4, -0.2) is 17.6 Å². The second-order valence-electron chi connectivity index (χ2n) is 4.03. The first kappa shape index (κ1) is 12.9. The Morgan fingerprint density at radius 1 is 1.50 bits per heavy atom. The highest BCUT2D eigenvalue weighted by Crippen LogP contribution is 2.15. The van der Waals surface area contributed by atoms with Crippen molar-refractivity contribution in [1.82, 2.24) is 5.32 Å². The van der Waals surface area contributed by atoms with Gasteiger partial charge in [0.15, 0.2) is 0 Å². The predicted octanol–water partition coefficient (Wildman–Crippen LogP) is 2.68. The van der Waals surface area contributed by atoms with Gasteiger partial charge < -0.3 is 14.8 Å². The monoisotopic (exact) mass is 265 g/mol. The summed E-state index contributed by atoms with van der Waals surface area (Å²) in [7, 11) is 0. The number of carboxylic acid groups (broad SMARTS) is 1. The normalized spacial score (nSPS) is 10.7. The number of hydrogen-bond acceptors (Lipinski definition) is 4. The van der Waals surface area contributed by atoms with Gasteiger partial charge in [-0.3, -0.25) is 0 Å². The fourth-order valence-corrected chi connectivity index (χ4v) is 2.66. The van der Waals surface area contributed by atoms with Gasteiger partial charge in [0.2, 0.25) is 5.76 Å². The van der Waals surface area contributed by atoms with Crippen LogP contribution in [0.4, 0.5) is 0 Å². The Hall–Kier alpha value is -1.59. The van der Waals surface area contributed by atoms with E-state index in [2.05, 4.69) is 23.7 Å². The lowest BCUT2D eigenvalue weighted by atomic mass is 10.2. The highest BCUT2D eigenvalue weighted by molar-refractivity contribution is 7.10. The molecule has 0 aliphatic rings. The van der Waals surface area contributed by atoms with Gasteiger partial charge in [-0.1, -0.05) is 0 Å². The molecule has 0 amide bonds. The molecule has 0 fully saturated rings. The number of thiophene rings is 1. The molecule has 0 aliphatic heterocycles. The molecule has 0 radical (unpaired) electrons. The molecule has 0 atom stereocenters. The van der Waals surface area contributed by atoms with E-state index in [1.807, 2.05) is 0 Å². The average molecular weight is 265 g/mol. The van der Waals surface area contributed by atoms with E-state index in [4.69, 9.17) is 9.52 Å². The number of aromatic carboxylic acids is 1. The molecule has 0 bridgehead atoms. The Bertz CT molecular complexity index is 530. The van der Waals surface area contributed by atoms with Crippen molar-refractivity contribution in [2.45, 2.75) is 19.9 Å². The Labute approximate surface area is 109 Å². The zero-order valence-corrected chi connectivity index (χ0v) is 10.9. The van der Waals surface area contributed by atoms with Gasteiger partial charge in [0.1, 0.15) is 0 Å². The van der Waals surface area contributed by atoms with Crippen LogP contribution in [0.25, 0.3) is 0 Å². The smallest absolute Gasteiger partial charge is 0.372 e. The first-order valence-electron chi connectivity index (χ1n) is 5.72. The van der Waals surface area contributed by atoms with Crippen LogP contribution in [0.5, 0.6) is 0 Å². The van der Waals surface area contributed by atoms with Gasteiger partial charge >= 0.3 is 5.97 Å². The fraction of sp³-hybridized carbons (Fsp3) is 0.308. The van der Waals surface area contributed by atoms with Crippen molar-refractivity contribution >= 4 is 17.3 Å². The summed E-state index contributed by atoms with van der Waals surface area (Å²) in [5.74, 6) is -0.999. The molecule has 0 unspecified atom stereocenters. The minimum absolute atomic E-state index is 0.0230. The molecular formula is C13H15NO3S. The Balaban J connectivity index is 1.80. The van der Waals surface area contributed by atoms with Crippen molar-refractivity contribution in [2.24, 2.45) is 0 Å². The molecule has 18 heavy (non-hydrogen) atoms. The number of carbonyl (C=O) groups is 1. The largest absolute Gasteiger partial charge is 0.475 e. The molecule has 2 heterocycles. The highest BCUT2D eigenvalue weighted by Gasteiger charge is 2.12. The summed E-state index contributed by atoms with van der Waals surface area (Å²) in [5.41, 5.74) is 2.00. The van der Waals surface area contributed by atoms with Crippen LogP contribution < -0.4 is 5.32 Å². The van der Waals surface area contributed by atoms with Crippen LogP contribution in [-0.2, 0) is 13.0 Å². The number of rotatable bonds is 6. The van der Waals surface area contributed by atoms with Crippen molar-refractivity contribution in [3.63, 3.8) is 0 Å². The minimum Gasteiger partial charge on any atom is -0.475 e. The molecule has 0 saturated heterocycles. The van der Waals surface area contributed by atoms with Crippen LogP contribution in [0, 0.1) is 6.92 Å². The maximum absolute atomic E-state index is 10.8. The van der Waals surface area contributed by atoms with Crippen molar-refractivity contribution in [3.05, 3.63) is 45.5 Å². The second-order valence-corrected chi connectivity index (χ2v) is 5.03. The third kappa shape index (κ3) is 3.00. The molecule has 2 N–H and O–H groups in total. The molecule has 0 spiro atoms. The highest BCUT2D eigenvalue weighted by atomic mass is 32.1. The number of aryl methyl sites for hydroxylation is 1. The molecule has 2 aromatic heterocycles. The maximum Gasteiger partial charge on any atom is 0.372 e. The topological polar surface area (TPSA) is 62.5 Å². The molecule has 0 aliphatic carbocycles. The van der Waals surface area contributed by atoms with E-state index in [1.165, 1.54) is 16.7 Å². The van der Waals surface area contributed by atoms with Crippen molar-refractivity contribution < 1.29 is 14.3 Å². The summed E-state index contributed by atoms with van der Waals surface area (Å²) in [4.78, 5) is 12.2. The number of carboxylic acids is 1. The van der Waals surface area contributed by atoms with Crippen LogP contribution in [0.15, 0.2) is 28.2 Å². The van der Waals surface area contributed by atoms with E-state index < -0.39 is 5.97 Å². The van der Waals surface area contributed by atoms with Gasteiger partial charge in [0, 0.05) is 23.5 Å². The lowest BCUT2D eigenvalue weighted by Gasteiger charge is -2.03. The summed E-state index contributed by atoms with van der Waals surface area (Å²) in [6.07, 6.45) is 2.37. The summed E-state index contributed by atoms with van der Waals surface area (Å²) in [5, 5.41) is 14.2. The molecule has 4 nitrogen and oxygen atoms in total. The van der Waals surface area contributed by atoms with Crippen LogP contribution in [0.3, 0.4) is 0 Å². The number of hydrogen-bond donors (Lipinski definition) is 2. The van der Waals surface area contributed by atoms with E-state index in [0.29, 0.717) is 12.1 Å². The molecule has 5 heteroatoms. The van der Waals surface area contributed by atoms with Crippen LogP contribution in [0.2, 0.25) is 0 Å². The lowest BCUT2D eigenvalue weighted by molar-refractivity contribution is 0.0660. The minimum atomic E-state index is -1.02. The third-order valence-electron chi connectivity index (χ3n) is 2.75. The molecule has 0 saturated carbocycles. The molecular weight excluding hydrogens is 250 g/mol. The Morgan fingerprint density at radius 3 is 3.00 bits per heavy atom. The zero-order chi connectivity index (χ0) is 13.0. The van der Waals surface area contributed by atoms with Gasteiger partial charge in [0.05, 0.1) is 6.26 Å². The second kappa shape index (κ2) is 5.84. The SMILES string of the molecule is Cc1ccsc1CCNCc1ccoc1C(=O)O. The van der Waals surface area contributed by atoms with Gasteiger partial charge in [0.25, 0.3) is 0 Å². The van der Waals surface area contributed by atoms with E-state index in [9.17, 15) is 4.79 Å². The first-order chi connectivity index (χ1) is 8.68. The van der Waals surface area contributed by atoms with Crippen LogP contribution in [0.1, 0.15) is 26.6 Å². The van der Waals surface area contributed by atoms with Gasteiger partial charge in [-0.2, -0.15) is 0 Å². The number of nitrogens with one attached hydrogen (secondary N) is 1. The summed E-state index contributed by atoms with van der Waals surface area (Å²) in [6, 6.07) is 3.80. The van der Waals surface area contributed by atoms with E-state index in [1.54, 1.807) is 17.4 Å². The quantitative estimate of drug-likeness (QED) is 0.788. The van der Waals surface area contributed by atoms with Crippen molar-refractivity contribution in [1.29, 1.82) is 0 Å². The van der Waals surface area contributed by atoms with Gasteiger partial charge in [-0.05, 0) is 36.4 Å². The molecule has 2 rings (SSSR count). The first-order valence-corrected chi connectivity index (χ1v) is 6.60. The predicted molar refractivity (Wildman–Crippen MR) is 70.1 cm³/mol. The molecule has 0 aromatic carbocycles. The summed E-state index contributed by atoms with van der Waals surface area (Å²) < 4.78 is 4.91. The summed E-state index contributed by atoms with van der Waals surface area (Å²) in [6.45, 7) is 3.44.